The minimum atomic E-state index is -1.41. The maximum Gasteiger partial charge on any atom is 0.338 e. The highest BCUT2D eigenvalue weighted by atomic mass is 35.5. The molecule has 0 atom stereocenters. The summed E-state index contributed by atoms with van der Waals surface area (Å²) >= 11 is 5.68. The summed E-state index contributed by atoms with van der Waals surface area (Å²) in [5, 5.41) is 17.3. The average molecular weight is 231 g/mol. The molecular formula is C9H7ClO5. The second kappa shape index (κ2) is 4.18. The van der Waals surface area contributed by atoms with Crippen molar-refractivity contribution < 1.29 is 24.5 Å². The van der Waals surface area contributed by atoms with Gasteiger partial charge in [0.2, 0.25) is 0 Å². The zero-order valence-electron chi connectivity index (χ0n) is 7.65. The minimum Gasteiger partial charge on any atom is -0.495 e. The van der Waals surface area contributed by atoms with Gasteiger partial charge in [-0.05, 0) is 12.1 Å². The molecule has 80 valence electrons. The van der Waals surface area contributed by atoms with E-state index in [1.54, 1.807) is 0 Å². The quantitative estimate of drug-likeness (QED) is 0.826. The molecule has 0 aliphatic heterocycles. The molecule has 0 aliphatic rings. The van der Waals surface area contributed by atoms with E-state index in [0.717, 1.165) is 6.07 Å². The van der Waals surface area contributed by atoms with Crippen molar-refractivity contribution in [3.63, 3.8) is 0 Å². The first kappa shape index (κ1) is 11.3. The Morgan fingerprint density at radius 2 is 1.87 bits per heavy atom. The molecule has 1 aromatic rings. The molecule has 2 N–H and O–H groups in total. The number of benzene rings is 1. The van der Waals surface area contributed by atoms with E-state index in [-0.39, 0.29) is 16.3 Å². The lowest BCUT2D eigenvalue weighted by Gasteiger charge is -2.08. The van der Waals surface area contributed by atoms with E-state index in [9.17, 15) is 9.59 Å². The topological polar surface area (TPSA) is 83.8 Å². The fourth-order valence-corrected chi connectivity index (χ4v) is 1.42. The van der Waals surface area contributed by atoms with E-state index < -0.39 is 17.5 Å². The molecule has 6 heteroatoms. The van der Waals surface area contributed by atoms with Crippen molar-refractivity contribution in [2.24, 2.45) is 0 Å². The highest BCUT2D eigenvalue weighted by Gasteiger charge is 2.22. The summed E-state index contributed by atoms with van der Waals surface area (Å²) < 4.78 is 4.78. The first-order chi connectivity index (χ1) is 6.99. The van der Waals surface area contributed by atoms with Gasteiger partial charge in [0.25, 0.3) is 0 Å². The Kier molecular flexibility index (Phi) is 3.16. The second-order valence-corrected chi connectivity index (χ2v) is 2.99. The van der Waals surface area contributed by atoms with E-state index >= 15 is 0 Å². The molecule has 0 fully saturated rings. The molecule has 15 heavy (non-hydrogen) atoms. The van der Waals surface area contributed by atoms with Crippen LogP contribution in [-0.4, -0.2) is 29.3 Å². The lowest BCUT2D eigenvalue weighted by molar-refractivity contribution is 0.0651. The third-order valence-corrected chi connectivity index (χ3v) is 2.15. The van der Waals surface area contributed by atoms with Crippen molar-refractivity contribution in [3.05, 3.63) is 28.3 Å². The highest BCUT2D eigenvalue weighted by Crippen LogP contribution is 2.30. The van der Waals surface area contributed by atoms with Crippen LogP contribution in [0.2, 0.25) is 5.02 Å². The maximum atomic E-state index is 10.8. The summed E-state index contributed by atoms with van der Waals surface area (Å²) in [6.07, 6.45) is 0. The number of carbonyl (C=O) groups is 2. The summed E-state index contributed by atoms with van der Waals surface area (Å²) in [6.45, 7) is 0. The first-order valence-corrected chi connectivity index (χ1v) is 4.20. The van der Waals surface area contributed by atoms with E-state index in [1.165, 1.54) is 13.2 Å². The third kappa shape index (κ3) is 2.02. The molecule has 0 spiro atoms. The van der Waals surface area contributed by atoms with Crippen LogP contribution < -0.4 is 4.74 Å². The van der Waals surface area contributed by atoms with Crippen molar-refractivity contribution in [2.75, 3.05) is 7.11 Å². The SMILES string of the molecule is COc1ccc(C(=O)O)c(C(=O)O)c1Cl. The van der Waals surface area contributed by atoms with Crippen LogP contribution in [0.4, 0.5) is 0 Å². The molecule has 0 bridgehead atoms. The van der Waals surface area contributed by atoms with Gasteiger partial charge < -0.3 is 14.9 Å². The van der Waals surface area contributed by atoms with Crippen molar-refractivity contribution in [3.8, 4) is 5.75 Å². The normalized spacial score (nSPS) is 9.73. The van der Waals surface area contributed by atoms with Gasteiger partial charge in [-0.25, -0.2) is 9.59 Å². The number of carboxylic acid groups (broad SMARTS) is 2. The van der Waals surface area contributed by atoms with Crippen LogP contribution in [0.1, 0.15) is 20.7 Å². The average Bonchev–Trinajstić information content (AvgIpc) is 2.16. The van der Waals surface area contributed by atoms with Gasteiger partial charge in [0.15, 0.2) is 0 Å². The molecule has 0 aliphatic carbocycles. The number of ether oxygens (including phenoxy) is 1. The van der Waals surface area contributed by atoms with Gasteiger partial charge in [-0.1, -0.05) is 11.6 Å². The van der Waals surface area contributed by atoms with Crippen LogP contribution in [0.5, 0.6) is 5.75 Å². The number of hydrogen-bond donors (Lipinski definition) is 2. The first-order valence-electron chi connectivity index (χ1n) is 3.82. The number of methoxy groups -OCH3 is 1. The summed E-state index contributed by atoms with van der Waals surface area (Å²) in [5.41, 5.74) is -0.836. The number of carboxylic acids is 2. The maximum absolute atomic E-state index is 10.8. The molecule has 0 saturated heterocycles. The van der Waals surface area contributed by atoms with Crippen molar-refractivity contribution >= 4 is 23.5 Å². The Balaban J connectivity index is 3.51. The van der Waals surface area contributed by atoms with Crippen molar-refractivity contribution in [1.82, 2.24) is 0 Å². The van der Waals surface area contributed by atoms with Crippen LogP contribution in [0.25, 0.3) is 0 Å². The molecule has 0 amide bonds. The van der Waals surface area contributed by atoms with Crippen LogP contribution in [0, 0.1) is 0 Å². The molecule has 0 radical (unpaired) electrons. The summed E-state index contributed by atoms with van der Waals surface area (Å²) in [4.78, 5) is 21.5. The van der Waals surface area contributed by atoms with Gasteiger partial charge in [0.1, 0.15) is 5.75 Å². The third-order valence-electron chi connectivity index (χ3n) is 1.77. The molecule has 5 nitrogen and oxygen atoms in total. The lowest BCUT2D eigenvalue weighted by Crippen LogP contribution is -2.09. The monoisotopic (exact) mass is 230 g/mol. The molecule has 0 unspecified atom stereocenters. The Morgan fingerprint density at radius 3 is 2.27 bits per heavy atom. The van der Waals surface area contributed by atoms with Crippen molar-refractivity contribution in [2.45, 2.75) is 0 Å². The van der Waals surface area contributed by atoms with Crippen LogP contribution in [-0.2, 0) is 0 Å². The number of halogens is 1. The van der Waals surface area contributed by atoms with Gasteiger partial charge in [0, 0.05) is 0 Å². The fourth-order valence-electron chi connectivity index (χ4n) is 1.10. The van der Waals surface area contributed by atoms with Gasteiger partial charge in [0.05, 0.1) is 23.3 Å². The highest BCUT2D eigenvalue weighted by molar-refractivity contribution is 6.35. The van der Waals surface area contributed by atoms with E-state index in [2.05, 4.69) is 0 Å². The molecule has 1 aromatic carbocycles. The fraction of sp³-hybridized carbons (Fsp3) is 0.111. The molecule has 1 rings (SSSR count). The van der Waals surface area contributed by atoms with E-state index in [0.29, 0.717) is 0 Å². The number of rotatable bonds is 3. The molecule has 0 aromatic heterocycles. The van der Waals surface area contributed by atoms with Crippen LogP contribution in [0.3, 0.4) is 0 Å². The smallest absolute Gasteiger partial charge is 0.338 e. The van der Waals surface area contributed by atoms with Gasteiger partial charge in [-0.2, -0.15) is 0 Å². The van der Waals surface area contributed by atoms with Gasteiger partial charge in [-0.3, -0.25) is 0 Å². The molecule has 0 heterocycles. The Bertz CT molecular complexity index is 427. The predicted molar refractivity (Wildman–Crippen MR) is 51.9 cm³/mol. The van der Waals surface area contributed by atoms with E-state index in [4.69, 9.17) is 26.6 Å². The Labute approximate surface area is 89.9 Å². The predicted octanol–water partition coefficient (Wildman–Crippen LogP) is 1.75. The summed E-state index contributed by atoms with van der Waals surface area (Å²) in [5.74, 6) is -2.63. The largest absolute Gasteiger partial charge is 0.495 e. The van der Waals surface area contributed by atoms with Crippen LogP contribution in [0.15, 0.2) is 12.1 Å². The zero-order valence-corrected chi connectivity index (χ0v) is 8.41. The number of hydrogen-bond acceptors (Lipinski definition) is 3. The number of aromatic carboxylic acids is 2. The zero-order chi connectivity index (χ0) is 11.6. The Morgan fingerprint density at radius 1 is 1.27 bits per heavy atom. The minimum absolute atomic E-state index is 0.124. The summed E-state index contributed by atoms with van der Waals surface area (Å²) in [7, 11) is 1.31. The molecule has 0 saturated carbocycles. The lowest BCUT2D eigenvalue weighted by atomic mass is 10.1. The second-order valence-electron chi connectivity index (χ2n) is 2.61. The van der Waals surface area contributed by atoms with E-state index in [1.807, 2.05) is 0 Å². The standard InChI is InChI=1S/C9H7ClO5/c1-15-5-3-2-4(8(11)12)6(7(5)10)9(13)14/h2-3H,1H3,(H,11,12)(H,13,14). The van der Waals surface area contributed by atoms with Gasteiger partial charge in [-0.15, -0.1) is 0 Å². The van der Waals surface area contributed by atoms with Crippen LogP contribution >= 0.6 is 11.6 Å². The summed E-state index contributed by atoms with van der Waals surface area (Å²) in [6, 6.07) is 2.44. The Hall–Kier alpha value is -1.75. The van der Waals surface area contributed by atoms with Crippen molar-refractivity contribution in [1.29, 1.82) is 0 Å². The molecular weight excluding hydrogens is 224 g/mol. The van der Waals surface area contributed by atoms with Gasteiger partial charge >= 0.3 is 11.9 Å².